The van der Waals surface area contributed by atoms with Crippen molar-refractivity contribution in [3.8, 4) is 0 Å². The molecule has 0 bridgehead atoms. The van der Waals surface area contributed by atoms with E-state index in [0.29, 0.717) is 23.6 Å². The fourth-order valence-electron chi connectivity index (χ4n) is 4.31. The third-order valence-corrected chi connectivity index (χ3v) is 5.97. The summed E-state index contributed by atoms with van der Waals surface area (Å²) in [7, 11) is 0. The van der Waals surface area contributed by atoms with Crippen molar-refractivity contribution in [1.29, 1.82) is 0 Å². The van der Waals surface area contributed by atoms with Gasteiger partial charge < -0.3 is 5.32 Å². The molecule has 5 nitrogen and oxygen atoms in total. The molecule has 2 aromatic carbocycles. The summed E-state index contributed by atoms with van der Waals surface area (Å²) in [5, 5.41) is 3.28. The van der Waals surface area contributed by atoms with E-state index in [4.69, 9.17) is 11.6 Å². The Balaban J connectivity index is 1.42. The molecule has 3 amide bonds. The smallest absolute Gasteiger partial charge is 0.244 e. The topological polar surface area (TPSA) is 66.5 Å². The minimum Gasteiger partial charge on any atom is -0.325 e. The Morgan fingerprint density at radius 2 is 1.64 bits per heavy atom. The van der Waals surface area contributed by atoms with Crippen LogP contribution in [-0.2, 0) is 14.4 Å². The average Bonchev–Trinajstić information content (AvgIpc) is 2.95. The number of amides is 3. The van der Waals surface area contributed by atoms with E-state index in [0.717, 1.165) is 11.3 Å². The van der Waals surface area contributed by atoms with Crippen LogP contribution in [-0.4, -0.2) is 29.2 Å². The van der Waals surface area contributed by atoms with Crippen LogP contribution in [0.5, 0.6) is 0 Å². The van der Waals surface area contributed by atoms with E-state index >= 15 is 0 Å². The highest BCUT2D eigenvalue weighted by molar-refractivity contribution is 6.30. The minimum absolute atomic E-state index is 0.215. The molecule has 2 aliphatic rings. The Morgan fingerprint density at radius 1 is 0.964 bits per heavy atom. The van der Waals surface area contributed by atoms with E-state index in [1.165, 1.54) is 5.56 Å². The molecular formula is C22H21ClN2O3. The van der Waals surface area contributed by atoms with Gasteiger partial charge in [0.15, 0.2) is 0 Å². The van der Waals surface area contributed by atoms with Gasteiger partial charge in [0.2, 0.25) is 17.7 Å². The number of benzene rings is 2. The summed E-state index contributed by atoms with van der Waals surface area (Å²) in [6.45, 7) is -0.247. The van der Waals surface area contributed by atoms with Crippen LogP contribution in [0.2, 0.25) is 5.02 Å². The summed E-state index contributed by atoms with van der Waals surface area (Å²) in [5.74, 6) is -1.16. The maximum Gasteiger partial charge on any atom is 0.244 e. The third-order valence-electron chi connectivity index (χ3n) is 5.72. The molecule has 0 radical (unpaired) electrons. The first-order valence-electron chi connectivity index (χ1n) is 9.48. The number of imide groups is 1. The van der Waals surface area contributed by atoms with Gasteiger partial charge in [-0.25, -0.2) is 0 Å². The highest BCUT2D eigenvalue weighted by atomic mass is 35.5. The number of anilines is 1. The Kier molecular flexibility index (Phi) is 5.18. The second kappa shape index (κ2) is 7.76. The maximum absolute atomic E-state index is 12.9. The number of rotatable bonds is 4. The van der Waals surface area contributed by atoms with Crippen molar-refractivity contribution in [3.63, 3.8) is 0 Å². The largest absolute Gasteiger partial charge is 0.325 e. The summed E-state index contributed by atoms with van der Waals surface area (Å²) in [6, 6.07) is 16.8. The summed E-state index contributed by atoms with van der Waals surface area (Å²) in [5.41, 5.74) is 1.79. The zero-order valence-electron chi connectivity index (χ0n) is 15.3. The molecule has 1 aliphatic heterocycles. The lowest BCUT2D eigenvalue weighted by molar-refractivity contribution is -0.142. The predicted molar refractivity (Wildman–Crippen MR) is 107 cm³/mol. The fraction of sp³-hybridized carbons (Fsp3) is 0.318. The van der Waals surface area contributed by atoms with Crippen molar-refractivity contribution in [2.45, 2.75) is 25.2 Å². The molecule has 3 unspecified atom stereocenters. The fourth-order valence-corrected chi connectivity index (χ4v) is 4.44. The van der Waals surface area contributed by atoms with E-state index in [9.17, 15) is 14.4 Å². The van der Waals surface area contributed by atoms with Gasteiger partial charge in [0.25, 0.3) is 0 Å². The van der Waals surface area contributed by atoms with Crippen molar-refractivity contribution in [3.05, 3.63) is 65.2 Å². The van der Waals surface area contributed by atoms with Crippen LogP contribution in [0.15, 0.2) is 54.6 Å². The number of fused-ring (bicyclic) bond motifs is 1. The van der Waals surface area contributed by atoms with Crippen molar-refractivity contribution in [2.75, 3.05) is 11.9 Å². The highest BCUT2D eigenvalue weighted by Crippen LogP contribution is 2.44. The van der Waals surface area contributed by atoms with Gasteiger partial charge in [0, 0.05) is 10.7 Å². The van der Waals surface area contributed by atoms with Gasteiger partial charge in [0.05, 0.1) is 11.8 Å². The zero-order chi connectivity index (χ0) is 19.7. The van der Waals surface area contributed by atoms with Gasteiger partial charge in [-0.3, -0.25) is 19.3 Å². The third kappa shape index (κ3) is 3.67. The number of carbonyl (C=O) groups excluding carboxylic acids is 3. The first-order chi connectivity index (χ1) is 13.5. The van der Waals surface area contributed by atoms with Crippen LogP contribution in [0.1, 0.15) is 30.7 Å². The molecule has 0 aromatic heterocycles. The monoisotopic (exact) mass is 396 g/mol. The molecule has 2 aromatic rings. The van der Waals surface area contributed by atoms with E-state index in [1.807, 2.05) is 18.2 Å². The van der Waals surface area contributed by atoms with Gasteiger partial charge in [-0.2, -0.15) is 0 Å². The van der Waals surface area contributed by atoms with Crippen LogP contribution in [0, 0.1) is 11.8 Å². The molecule has 1 aliphatic carbocycles. The quantitative estimate of drug-likeness (QED) is 0.798. The molecule has 28 heavy (non-hydrogen) atoms. The summed E-state index contributed by atoms with van der Waals surface area (Å²) in [4.78, 5) is 39.1. The van der Waals surface area contributed by atoms with E-state index in [-0.39, 0.29) is 42.0 Å². The number of nitrogens with zero attached hydrogens (tertiary/aromatic N) is 1. The van der Waals surface area contributed by atoms with Crippen molar-refractivity contribution in [1.82, 2.24) is 4.90 Å². The molecule has 4 rings (SSSR count). The molecule has 144 valence electrons. The lowest BCUT2D eigenvalue weighted by Crippen LogP contribution is -2.38. The molecule has 1 saturated heterocycles. The normalized spacial score (nSPS) is 24.2. The molecule has 1 N–H and O–H groups in total. The standard InChI is InChI=1S/C22H21ClN2O3/c23-16-7-9-17(10-8-16)24-20(26)13-25-21(27)18-11-6-15(12-19(18)22(25)28)14-4-2-1-3-5-14/h1-5,7-10,15,18-19H,6,11-13H2,(H,24,26). The van der Waals surface area contributed by atoms with Crippen LogP contribution in [0.3, 0.4) is 0 Å². The minimum atomic E-state index is -0.387. The van der Waals surface area contributed by atoms with Gasteiger partial charge in [-0.15, -0.1) is 0 Å². The zero-order valence-corrected chi connectivity index (χ0v) is 16.1. The number of halogens is 1. The number of hydrogen-bond acceptors (Lipinski definition) is 3. The summed E-state index contributed by atoms with van der Waals surface area (Å²) in [6.07, 6.45) is 2.23. The molecular weight excluding hydrogens is 376 g/mol. The van der Waals surface area contributed by atoms with Gasteiger partial charge in [-0.05, 0) is 55.0 Å². The lowest BCUT2D eigenvalue weighted by Gasteiger charge is -2.28. The Hall–Kier alpha value is -2.66. The first-order valence-corrected chi connectivity index (χ1v) is 9.86. The summed E-state index contributed by atoms with van der Waals surface area (Å²) < 4.78 is 0. The highest BCUT2D eigenvalue weighted by Gasteiger charge is 2.50. The van der Waals surface area contributed by atoms with Crippen LogP contribution in [0.4, 0.5) is 5.69 Å². The van der Waals surface area contributed by atoms with Crippen LogP contribution in [0.25, 0.3) is 0 Å². The summed E-state index contributed by atoms with van der Waals surface area (Å²) >= 11 is 5.84. The maximum atomic E-state index is 12.9. The number of hydrogen-bond donors (Lipinski definition) is 1. The van der Waals surface area contributed by atoms with E-state index in [2.05, 4.69) is 17.4 Å². The van der Waals surface area contributed by atoms with Crippen LogP contribution < -0.4 is 5.32 Å². The van der Waals surface area contributed by atoms with Gasteiger partial charge >= 0.3 is 0 Å². The predicted octanol–water partition coefficient (Wildman–Crippen LogP) is 3.85. The number of likely N-dealkylation sites (tertiary alicyclic amines) is 1. The van der Waals surface area contributed by atoms with E-state index < -0.39 is 0 Å². The molecule has 0 spiro atoms. The number of carbonyl (C=O) groups is 3. The second-order valence-electron chi connectivity index (χ2n) is 7.45. The molecule has 6 heteroatoms. The molecule has 2 fully saturated rings. The van der Waals surface area contributed by atoms with Crippen LogP contribution >= 0.6 is 11.6 Å². The number of nitrogens with one attached hydrogen (secondary N) is 1. The van der Waals surface area contributed by atoms with Crippen molar-refractivity contribution < 1.29 is 14.4 Å². The SMILES string of the molecule is O=C(CN1C(=O)C2CCC(c3ccccc3)CC2C1=O)Nc1ccc(Cl)cc1. The van der Waals surface area contributed by atoms with Gasteiger partial charge in [0.1, 0.15) is 6.54 Å². The second-order valence-corrected chi connectivity index (χ2v) is 7.89. The Labute approximate surface area is 168 Å². The molecule has 1 heterocycles. The van der Waals surface area contributed by atoms with Crippen molar-refractivity contribution in [2.24, 2.45) is 11.8 Å². The molecule has 1 saturated carbocycles. The lowest BCUT2D eigenvalue weighted by atomic mass is 9.73. The molecule has 3 atom stereocenters. The average molecular weight is 397 g/mol. The Bertz CT molecular complexity index is 898. The van der Waals surface area contributed by atoms with E-state index in [1.54, 1.807) is 24.3 Å². The van der Waals surface area contributed by atoms with Gasteiger partial charge in [-0.1, -0.05) is 41.9 Å². The Morgan fingerprint density at radius 3 is 2.36 bits per heavy atom. The van der Waals surface area contributed by atoms with Crippen molar-refractivity contribution >= 4 is 35.0 Å². The first kappa shape index (κ1) is 18.7.